The fourth-order valence-corrected chi connectivity index (χ4v) is 2.40. The molecule has 0 radical (unpaired) electrons. The van der Waals surface area contributed by atoms with Gasteiger partial charge in [-0.25, -0.2) is 13.4 Å². The fraction of sp³-hybridized carbons (Fsp3) is 0.222. The zero-order chi connectivity index (χ0) is 11.5. The molecule has 0 unspecified atom stereocenters. The number of pyridine rings is 1. The molecule has 0 aliphatic heterocycles. The highest BCUT2D eigenvalue weighted by molar-refractivity contribution is 7.89. The Balaban J connectivity index is 3.11. The normalized spacial score (nSPS) is 11.7. The Morgan fingerprint density at radius 2 is 2.33 bits per heavy atom. The minimum Gasteiger partial charge on any atom is -0.244 e. The zero-order valence-electron chi connectivity index (χ0n) is 8.22. The molecule has 1 aromatic rings. The second kappa shape index (κ2) is 4.74. The van der Waals surface area contributed by atoms with E-state index in [0.29, 0.717) is 0 Å². The molecule has 1 rings (SSSR count). The van der Waals surface area contributed by atoms with Crippen molar-refractivity contribution in [2.45, 2.75) is 4.90 Å². The summed E-state index contributed by atoms with van der Waals surface area (Å²) in [4.78, 5) is 3.85. The van der Waals surface area contributed by atoms with Gasteiger partial charge in [-0.2, -0.15) is 4.31 Å². The maximum atomic E-state index is 11.9. The molecule has 82 valence electrons. The second-order valence-electron chi connectivity index (χ2n) is 2.89. The Morgan fingerprint density at radius 3 is 2.87 bits per heavy atom. The molecular weight excluding hydrogens is 236 g/mol. The highest BCUT2D eigenvalue weighted by atomic mass is 35.5. The van der Waals surface area contributed by atoms with Crippen LogP contribution in [0.2, 0.25) is 5.15 Å². The van der Waals surface area contributed by atoms with Gasteiger partial charge in [-0.3, -0.25) is 0 Å². The van der Waals surface area contributed by atoms with Crippen LogP contribution < -0.4 is 0 Å². The predicted octanol–water partition coefficient (Wildman–Crippen LogP) is 1.54. The summed E-state index contributed by atoms with van der Waals surface area (Å²) in [5, 5.41) is 0.156. The largest absolute Gasteiger partial charge is 0.244 e. The summed E-state index contributed by atoms with van der Waals surface area (Å²) in [5.41, 5.74) is 0. The number of hydrogen-bond donors (Lipinski definition) is 0. The summed E-state index contributed by atoms with van der Waals surface area (Å²) in [6, 6.07) is 2.72. The van der Waals surface area contributed by atoms with Gasteiger partial charge in [0.05, 0.1) is 4.90 Å². The lowest BCUT2D eigenvalue weighted by molar-refractivity contribution is 0.499. The highest BCUT2D eigenvalue weighted by Gasteiger charge is 2.19. The van der Waals surface area contributed by atoms with Crippen molar-refractivity contribution < 1.29 is 8.42 Å². The van der Waals surface area contributed by atoms with E-state index in [-0.39, 0.29) is 16.6 Å². The second-order valence-corrected chi connectivity index (χ2v) is 5.32. The van der Waals surface area contributed by atoms with Crippen LogP contribution in [0.1, 0.15) is 0 Å². The zero-order valence-corrected chi connectivity index (χ0v) is 9.79. The number of aromatic nitrogens is 1. The van der Waals surface area contributed by atoms with Gasteiger partial charge in [0.1, 0.15) is 5.15 Å². The van der Waals surface area contributed by atoms with E-state index in [1.54, 1.807) is 0 Å². The number of halogens is 1. The summed E-state index contributed by atoms with van der Waals surface area (Å²) in [5.74, 6) is 0. The van der Waals surface area contributed by atoms with Crippen LogP contribution in [0.25, 0.3) is 0 Å². The first-order chi connectivity index (χ1) is 6.98. The fourth-order valence-electron chi connectivity index (χ4n) is 1.01. The van der Waals surface area contributed by atoms with Crippen molar-refractivity contribution in [2.75, 3.05) is 13.6 Å². The molecule has 0 amide bonds. The number of likely N-dealkylation sites (N-methyl/N-ethyl adjacent to an activating group) is 1. The first kappa shape index (κ1) is 12.2. The van der Waals surface area contributed by atoms with Gasteiger partial charge in [-0.15, -0.1) is 6.58 Å². The first-order valence-electron chi connectivity index (χ1n) is 4.17. The molecule has 15 heavy (non-hydrogen) atoms. The summed E-state index contributed by atoms with van der Waals surface area (Å²) in [7, 11) is -2.01. The minimum absolute atomic E-state index is 0.131. The molecule has 0 bridgehead atoms. The standard InChI is InChI=1S/C9H11ClN2O2S/c1-3-6-12(2)15(13,14)8-4-5-11-9(10)7-8/h3-5,7H,1,6H2,2H3. The van der Waals surface area contributed by atoms with E-state index in [1.807, 2.05) is 0 Å². The van der Waals surface area contributed by atoms with Crippen molar-refractivity contribution in [1.82, 2.24) is 9.29 Å². The molecule has 0 aliphatic carbocycles. The van der Waals surface area contributed by atoms with Crippen molar-refractivity contribution in [3.8, 4) is 0 Å². The minimum atomic E-state index is -3.49. The molecule has 0 aromatic carbocycles. The van der Waals surface area contributed by atoms with Crippen LogP contribution in [0.15, 0.2) is 35.9 Å². The molecule has 1 aromatic heterocycles. The van der Waals surface area contributed by atoms with Crippen LogP contribution in [0.4, 0.5) is 0 Å². The van der Waals surface area contributed by atoms with E-state index in [2.05, 4.69) is 11.6 Å². The summed E-state index contributed by atoms with van der Waals surface area (Å²) in [6.45, 7) is 3.73. The molecular formula is C9H11ClN2O2S. The number of sulfonamides is 1. The highest BCUT2D eigenvalue weighted by Crippen LogP contribution is 2.16. The van der Waals surface area contributed by atoms with Crippen LogP contribution >= 0.6 is 11.6 Å². The quantitative estimate of drug-likeness (QED) is 0.598. The van der Waals surface area contributed by atoms with Crippen molar-refractivity contribution in [1.29, 1.82) is 0 Å². The third-order valence-electron chi connectivity index (χ3n) is 1.79. The van der Waals surface area contributed by atoms with Crippen LogP contribution in [0.5, 0.6) is 0 Å². The molecule has 4 nitrogen and oxygen atoms in total. The average molecular weight is 247 g/mol. The number of nitrogens with zero attached hydrogens (tertiary/aromatic N) is 2. The topological polar surface area (TPSA) is 50.3 Å². The molecule has 1 heterocycles. The average Bonchev–Trinajstić information content (AvgIpc) is 2.18. The maximum absolute atomic E-state index is 11.9. The number of hydrogen-bond acceptors (Lipinski definition) is 3. The third kappa shape index (κ3) is 2.77. The Morgan fingerprint density at radius 1 is 1.67 bits per heavy atom. The molecule has 0 fully saturated rings. The van der Waals surface area contributed by atoms with Gasteiger partial charge in [-0.05, 0) is 12.1 Å². The van der Waals surface area contributed by atoms with Crippen LogP contribution in [0, 0.1) is 0 Å². The molecule has 0 saturated heterocycles. The number of rotatable bonds is 4. The lowest BCUT2D eigenvalue weighted by Gasteiger charge is -2.14. The molecule has 0 spiro atoms. The monoisotopic (exact) mass is 246 g/mol. The van der Waals surface area contributed by atoms with E-state index in [1.165, 1.54) is 35.8 Å². The smallest absolute Gasteiger partial charge is 0.243 e. The lowest BCUT2D eigenvalue weighted by Crippen LogP contribution is -2.26. The van der Waals surface area contributed by atoms with Gasteiger partial charge >= 0.3 is 0 Å². The summed E-state index contributed by atoms with van der Waals surface area (Å²) in [6.07, 6.45) is 2.87. The molecule has 0 atom stereocenters. The van der Waals surface area contributed by atoms with Crippen LogP contribution in [-0.4, -0.2) is 31.3 Å². The van der Waals surface area contributed by atoms with Crippen molar-refractivity contribution in [2.24, 2.45) is 0 Å². The van der Waals surface area contributed by atoms with E-state index in [9.17, 15) is 8.42 Å². The Hall–Kier alpha value is -0.910. The van der Waals surface area contributed by atoms with E-state index >= 15 is 0 Å². The summed E-state index contributed by atoms with van der Waals surface area (Å²) < 4.78 is 24.9. The van der Waals surface area contributed by atoms with Gasteiger partial charge in [0.15, 0.2) is 0 Å². The van der Waals surface area contributed by atoms with Crippen LogP contribution in [0.3, 0.4) is 0 Å². The van der Waals surface area contributed by atoms with Gasteiger partial charge in [-0.1, -0.05) is 17.7 Å². The third-order valence-corrected chi connectivity index (χ3v) is 3.82. The van der Waals surface area contributed by atoms with Gasteiger partial charge in [0.2, 0.25) is 10.0 Å². The molecule has 0 aliphatic rings. The van der Waals surface area contributed by atoms with Crippen LogP contribution in [-0.2, 0) is 10.0 Å². The van der Waals surface area contributed by atoms with Gasteiger partial charge in [0.25, 0.3) is 0 Å². The molecule has 6 heteroatoms. The van der Waals surface area contributed by atoms with Crippen molar-refractivity contribution >= 4 is 21.6 Å². The predicted molar refractivity (Wildman–Crippen MR) is 59.3 cm³/mol. The Bertz CT molecular complexity index is 459. The van der Waals surface area contributed by atoms with Crippen molar-refractivity contribution in [3.05, 3.63) is 36.1 Å². The van der Waals surface area contributed by atoms with Crippen molar-refractivity contribution in [3.63, 3.8) is 0 Å². The first-order valence-corrected chi connectivity index (χ1v) is 5.99. The molecule has 0 saturated carbocycles. The Labute approximate surface area is 94.2 Å². The SMILES string of the molecule is C=CCN(C)S(=O)(=O)c1ccnc(Cl)c1. The van der Waals surface area contributed by atoms with E-state index < -0.39 is 10.0 Å². The van der Waals surface area contributed by atoms with Gasteiger partial charge < -0.3 is 0 Å². The van der Waals surface area contributed by atoms with E-state index in [0.717, 1.165) is 0 Å². The van der Waals surface area contributed by atoms with Gasteiger partial charge in [0, 0.05) is 19.8 Å². The summed E-state index contributed by atoms with van der Waals surface area (Å²) >= 11 is 5.62. The molecule has 0 N–H and O–H groups in total. The Kier molecular flexibility index (Phi) is 3.84. The van der Waals surface area contributed by atoms with E-state index in [4.69, 9.17) is 11.6 Å². The lowest BCUT2D eigenvalue weighted by atomic mass is 10.5. The maximum Gasteiger partial charge on any atom is 0.243 e.